The van der Waals surface area contributed by atoms with Gasteiger partial charge < -0.3 is 25.4 Å². The number of carbonyl (C=O) groups is 2. The Balaban J connectivity index is 1.42. The van der Waals surface area contributed by atoms with Crippen LogP contribution < -0.4 is 20.5 Å². The molecule has 4 aromatic carbocycles. The van der Waals surface area contributed by atoms with Crippen LogP contribution in [0.4, 0.5) is 4.39 Å². The zero-order valence-corrected chi connectivity index (χ0v) is 23.1. The molecule has 3 N–H and O–H groups in total. The summed E-state index contributed by atoms with van der Waals surface area (Å²) in [6, 6.07) is 25.0. The molecule has 214 valence electrons. The molecule has 0 fully saturated rings. The Hall–Kier alpha value is -4.69. The van der Waals surface area contributed by atoms with Gasteiger partial charge in [0.1, 0.15) is 11.5 Å². The monoisotopic (exact) mass is 565 g/mol. The van der Waals surface area contributed by atoms with Crippen LogP contribution in [0.5, 0.6) is 17.2 Å². The highest BCUT2D eigenvalue weighted by Crippen LogP contribution is 2.39. The van der Waals surface area contributed by atoms with Crippen LogP contribution in [0.25, 0.3) is 0 Å². The van der Waals surface area contributed by atoms with Gasteiger partial charge in [0.25, 0.3) is 5.91 Å². The Morgan fingerprint density at radius 3 is 2.76 bits per heavy atom. The van der Waals surface area contributed by atoms with Crippen LogP contribution >= 0.6 is 0 Å². The van der Waals surface area contributed by atoms with Crippen LogP contribution in [0.2, 0.25) is 0 Å². The standard InChI is InChI=1S/C34H32FN3O4/c35-30-11-8-22-17-31(30)42-28-9-10-29-24(19-28)12-14-38(34(40)26-6-1-4-23(16-26)21-36)33(29)25-5-2-7-27(20-25)41-15-3-13-37-32(39)18-22/h1-2,4-11,16-17,19-20,33H,3,12-15,18,21,36H2,(H,37,39). The zero-order chi connectivity index (χ0) is 29.1. The number of nitrogens with zero attached hydrogens (tertiary/aromatic N) is 1. The summed E-state index contributed by atoms with van der Waals surface area (Å²) in [7, 11) is 0. The third-order valence-corrected chi connectivity index (χ3v) is 7.69. The molecule has 0 spiro atoms. The Kier molecular flexibility index (Phi) is 7.88. The maximum absolute atomic E-state index is 14.7. The molecule has 3 aliphatic rings. The van der Waals surface area contributed by atoms with Crippen molar-refractivity contribution < 1.29 is 23.5 Å². The van der Waals surface area contributed by atoms with Gasteiger partial charge in [-0.15, -0.1) is 0 Å². The van der Waals surface area contributed by atoms with Gasteiger partial charge in [-0.2, -0.15) is 0 Å². The average Bonchev–Trinajstić information content (AvgIpc) is 3.01. The molecule has 0 aliphatic carbocycles. The summed E-state index contributed by atoms with van der Waals surface area (Å²) in [5.41, 5.74) is 10.9. The average molecular weight is 566 g/mol. The number of hydrogen-bond donors (Lipinski definition) is 2. The topological polar surface area (TPSA) is 93.9 Å². The van der Waals surface area contributed by atoms with Crippen LogP contribution in [-0.2, 0) is 24.2 Å². The fourth-order valence-electron chi connectivity index (χ4n) is 5.62. The highest BCUT2D eigenvalue weighted by molar-refractivity contribution is 5.95. The first-order valence-electron chi connectivity index (χ1n) is 14.2. The Labute approximate surface area is 244 Å². The SMILES string of the molecule is NCc1cccc(C(=O)N2CCc3cc4ccc3C2c2cccc(c2)OCCCNC(=O)Cc2ccc(F)c(c2)O4)c1. The van der Waals surface area contributed by atoms with Gasteiger partial charge in [-0.25, -0.2) is 4.39 Å². The molecule has 1 atom stereocenters. The van der Waals surface area contributed by atoms with Crippen molar-refractivity contribution in [1.29, 1.82) is 0 Å². The van der Waals surface area contributed by atoms with Crippen molar-refractivity contribution in [2.24, 2.45) is 5.73 Å². The van der Waals surface area contributed by atoms with Gasteiger partial charge in [0.15, 0.2) is 11.6 Å². The first-order chi connectivity index (χ1) is 20.5. The molecule has 42 heavy (non-hydrogen) atoms. The van der Waals surface area contributed by atoms with E-state index < -0.39 is 5.82 Å². The third kappa shape index (κ3) is 5.85. The summed E-state index contributed by atoms with van der Waals surface area (Å²) < 4.78 is 26.8. The number of fused-ring (bicyclic) bond motifs is 7. The second-order valence-electron chi connectivity index (χ2n) is 10.6. The van der Waals surface area contributed by atoms with Gasteiger partial charge in [-0.05, 0) is 89.2 Å². The van der Waals surface area contributed by atoms with Gasteiger partial charge >= 0.3 is 0 Å². The van der Waals surface area contributed by atoms with E-state index in [0.29, 0.717) is 61.7 Å². The largest absolute Gasteiger partial charge is 0.494 e. The third-order valence-electron chi connectivity index (χ3n) is 7.69. The molecule has 0 aromatic heterocycles. The van der Waals surface area contributed by atoms with Crippen molar-refractivity contribution in [2.45, 2.75) is 31.8 Å². The van der Waals surface area contributed by atoms with E-state index in [4.69, 9.17) is 15.2 Å². The summed E-state index contributed by atoms with van der Waals surface area (Å²) in [6.45, 7) is 1.69. The smallest absolute Gasteiger partial charge is 0.254 e. The number of amides is 2. The summed E-state index contributed by atoms with van der Waals surface area (Å²) >= 11 is 0. The van der Waals surface area contributed by atoms with Gasteiger partial charge in [0.05, 0.1) is 19.1 Å². The Bertz CT molecular complexity index is 1640. The van der Waals surface area contributed by atoms with Gasteiger partial charge in [0, 0.05) is 25.2 Å². The summed E-state index contributed by atoms with van der Waals surface area (Å²) in [6.07, 6.45) is 1.33. The highest BCUT2D eigenvalue weighted by atomic mass is 19.1. The number of nitrogens with one attached hydrogen (secondary N) is 1. The van der Waals surface area contributed by atoms with E-state index >= 15 is 0 Å². The summed E-state index contributed by atoms with van der Waals surface area (Å²) in [5.74, 6) is 0.482. The second-order valence-corrected chi connectivity index (χ2v) is 10.6. The van der Waals surface area contributed by atoms with E-state index in [9.17, 15) is 14.0 Å². The van der Waals surface area contributed by atoms with Gasteiger partial charge in [-0.1, -0.05) is 36.4 Å². The fraction of sp³-hybridized carbons (Fsp3) is 0.235. The molecule has 7 nitrogen and oxygen atoms in total. The molecule has 3 heterocycles. The molecule has 7 rings (SSSR count). The Morgan fingerprint density at radius 1 is 1.00 bits per heavy atom. The number of benzene rings is 4. The van der Waals surface area contributed by atoms with Crippen molar-refractivity contribution in [3.63, 3.8) is 0 Å². The lowest BCUT2D eigenvalue weighted by atomic mass is 9.87. The van der Waals surface area contributed by atoms with Crippen molar-refractivity contribution in [1.82, 2.24) is 10.2 Å². The van der Waals surface area contributed by atoms with Crippen LogP contribution in [0.3, 0.4) is 0 Å². The molecule has 4 aromatic rings. The van der Waals surface area contributed by atoms with E-state index in [1.165, 1.54) is 6.07 Å². The molecule has 0 radical (unpaired) electrons. The first-order valence-corrected chi connectivity index (χ1v) is 14.2. The second kappa shape index (κ2) is 12.0. The number of nitrogens with two attached hydrogens (primary N) is 1. The van der Waals surface area contributed by atoms with Crippen molar-refractivity contribution in [3.8, 4) is 17.2 Å². The van der Waals surface area contributed by atoms with E-state index in [1.54, 1.807) is 18.2 Å². The lowest BCUT2D eigenvalue weighted by Gasteiger charge is -2.38. The minimum absolute atomic E-state index is 0.0585. The van der Waals surface area contributed by atoms with Gasteiger partial charge in [0.2, 0.25) is 5.91 Å². The number of ether oxygens (including phenoxy) is 2. The minimum Gasteiger partial charge on any atom is -0.494 e. The molecule has 1 unspecified atom stereocenters. The maximum Gasteiger partial charge on any atom is 0.254 e. The molecular formula is C34H32FN3O4. The van der Waals surface area contributed by atoms with Gasteiger partial charge in [-0.3, -0.25) is 9.59 Å². The molecule has 2 amide bonds. The first kappa shape index (κ1) is 27.5. The summed E-state index contributed by atoms with van der Waals surface area (Å²) in [5, 5.41) is 2.89. The molecule has 8 bridgehead atoms. The minimum atomic E-state index is -0.508. The predicted octanol–water partition coefficient (Wildman–Crippen LogP) is 5.31. The van der Waals surface area contributed by atoms with Crippen molar-refractivity contribution in [3.05, 3.63) is 124 Å². The number of carbonyl (C=O) groups excluding carboxylic acids is 2. The van der Waals surface area contributed by atoms with E-state index in [2.05, 4.69) is 5.32 Å². The lowest BCUT2D eigenvalue weighted by molar-refractivity contribution is -0.120. The molecule has 0 saturated carbocycles. The van der Waals surface area contributed by atoms with Crippen LogP contribution in [0.1, 0.15) is 50.6 Å². The van der Waals surface area contributed by atoms with Crippen molar-refractivity contribution >= 4 is 11.8 Å². The fourth-order valence-corrected chi connectivity index (χ4v) is 5.62. The van der Waals surface area contributed by atoms with Crippen LogP contribution in [-0.4, -0.2) is 36.4 Å². The van der Waals surface area contributed by atoms with E-state index in [-0.39, 0.29) is 30.0 Å². The Morgan fingerprint density at radius 2 is 1.88 bits per heavy atom. The molecule has 0 saturated heterocycles. The highest BCUT2D eigenvalue weighted by Gasteiger charge is 2.33. The van der Waals surface area contributed by atoms with Crippen molar-refractivity contribution in [2.75, 3.05) is 19.7 Å². The maximum atomic E-state index is 14.7. The summed E-state index contributed by atoms with van der Waals surface area (Å²) in [4.78, 5) is 28.3. The van der Waals surface area contributed by atoms with E-state index in [1.807, 2.05) is 65.6 Å². The number of halogens is 1. The molecule has 8 heteroatoms. The number of hydrogen-bond acceptors (Lipinski definition) is 5. The quantitative estimate of drug-likeness (QED) is 0.344. The van der Waals surface area contributed by atoms with Crippen LogP contribution in [0, 0.1) is 5.82 Å². The molecule has 3 aliphatic heterocycles. The van der Waals surface area contributed by atoms with E-state index in [0.717, 1.165) is 22.3 Å². The lowest BCUT2D eigenvalue weighted by Crippen LogP contribution is -2.40. The number of rotatable bonds is 2. The van der Waals surface area contributed by atoms with Crippen LogP contribution in [0.15, 0.2) is 84.9 Å². The normalized spacial score (nSPS) is 16.8. The zero-order valence-electron chi connectivity index (χ0n) is 23.1. The predicted molar refractivity (Wildman–Crippen MR) is 157 cm³/mol. The molecular weight excluding hydrogens is 533 g/mol.